The van der Waals surface area contributed by atoms with E-state index in [-0.39, 0.29) is 11.9 Å². The molecule has 0 bridgehead atoms. The molecular weight excluding hydrogens is 342 g/mol. The molecule has 138 valence electrons. The molecule has 27 heavy (non-hydrogen) atoms. The fraction of sp³-hybridized carbons (Fsp3) is 0.316. The Balaban J connectivity index is 1.56. The highest BCUT2D eigenvalue weighted by molar-refractivity contribution is 5.92. The number of anilines is 1. The number of aromatic nitrogens is 5. The maximum Gasteiger partial charge on any atom is 0.272 e. The van der Waals surface area contributed by atoms with Gasteiger partial charge in [-0.1, -0.05) is 18.2 Å². The molecule has 3 heterocycles. The maximum absolute atomic E-state index is 13.0. The van der Waals surface area contributed by atoms with Crippen LogP contribution in [0.1, 0.15) is 41.1 Å². The molecule has 8 heteroatoms. The highest BCUT2D eigenvalue weighted by Crippen LogP contribution is 2.25. The Kier molecular flexibility index (Phi) is 4.53. The highest BCUT2D eigenvalue weighted by Gasteiger charge is 2.22. The molecule has 0 saturated carbocycles. The van der Waals surface area contributed by atoms with Crippen LogP contribution < -0.4 is 5.32 Å². The van der Waals surface area contributed by atoms with E-state index in [0.717, 1.165) is 41.9 Å². The second kappa shape index (κ2) is 7.14. The van der Waals surface area contributed by atoms with Crippen molar-refractivity contribution in [2.45, 2.75) is 25.8 Å². The van der Waals surface area contributed by atoms with E-state index in [1.165, 1.54) is 0 Å². The average Bonchev–Trinajstić information content (AvgIpc) is 3.27. The number of pyridine rings is 1. The Bertz CT molecular complexity index is 954. The lowest BCUT2D eigenvalue weighted by Gasteiger charge is -2.26. The largest absolute Gasteiger partial charge is 0.384 e. The Morgan fingerprint density at radius 1 is 1.26 bits per heavy atom. The van der Waals surface area contributed by atoms with Crippen molar-refractivity contribution in [3.8, 4) is 11.4 Å². The van der Waals surface area contributed by atoms with Crippen LogP contribution in [0.15, 0.2) is 36.4 Å². The number of H-pyrrole nitrogens is 1. The highest BCUT2D eigenvalue weighted by atomic mass is 16.2. The van der Waals surface area contributed by atoms with E-state index in [2.05, 4.69) is 30.9 Å². The number of amides is 1. The van der Waals surface area contributed by atoms with E-state index >= 15 is 0 Å². The van der Waals surface area contributed by atoms with E-state index in [9.17, 15) is 4.79 Å². The third kappa shape index (κ3) is 3.38. The van der Waals surface area contributed by atoms with Gasteiger partial charge in [-0.2, -0.15) is 5.21 Å². The standard InChI is InChI=1S/C19H21N7O/c1-12(13-5-3-6-14(11-13)18-22-24-25-23-18)26(2)19(27)17-9-8-15-16(21-17)7-4-10-20-15/h3,5-6,8-9,11-12,20H,4,7,10H2,1-2H3,(H,22,23,24,25). The number of rotatable bonds is 4. The van der Waals surface area contributed by atoms with Crippen molar-refractivity contribution in [1.82, 2.24) is 30.5 Å². The van der Waals surface area contributed by atoms with Gasteiger partial charge in [0.15, 0.2) is 0 Å². The zero-order valence-electron chi connectivity index (χ0n) is 15.3. The lowest BCUT2D eigenvalue weighted by atomic mass is 10.0. The van der Waals surface area contributed by atoms with Crippen molar-refractivity contribution in [3.63, 3.8) is 0 Å². The SMILES string of the molecule is CC(c1cccc(-c2nn[nH]n2)c1)N(C)C(=O)c1ccc2c(n1)CCCN2. The number of fused-ring (bicyclic) bond motifs is 1. The number of carbonyl (C=O) groups excluding carboxylic acids is 1. The first kappa shape index (κ1) is 17.1. The van der Waals surface area contributed by atoms with Crippen LogP contribution in [-0.4, -0.2) is 50.0 Å². The summed E-state index contributed by atoms with van der Waals surface area (Å²) in [6.07, 6.45) is 1.93. The summed E-state index contributed by atoms with van der Waals surface area (Å²) in [7, 11) is 1.80. The minimum atomic E-state index is -0.125. The van der Waals surface area contributed by atoms with Gasteiger partial charge >= 0.3 is 0 Å². The Morgan fingerprint density at radius 3 is 2.96 bits per heavy atom. The van der Waals surface area contributed by atoms with Gasteiger partial charge < -0.3 is 10.2 Å². The number of aromatic amines is 1. The molecule has 1 aliphatic rings. The van der Waals surface area contributed by atoms with Gasteiger partial charge in [-0.25, -0.2) is 4.98 Å². The summed E-state index contributed by atoms with van der Waals surface area (Å²) in [5, 5.41) is 17.4. The summed E-state index contributed by atoms with van der Waals surface area (Å²) in [6, 6.07) is 11.4. The quantitative estimate of drug-likeness (QED) is 0.739. The second-order valence-corrected chi connectivity index (χ2v) is 6.67. The number of benzene rings is 1. The zero-order valence-corrected chi connectivity index (χ0v) is 15.3. The number of nitrogens with one attached hydrogen (secondary N) is 2. The van der Waals surface area contributed by atoms with Crippen molar-refractivity contribution in [1.29, 1.82) is 0 Å². The molecule has 4 rings (SSSR count). The van der Waals surface area contributed by atoms with Crippen molar-refractivity contribution >= 4 is 11.6 Å². The normalized spacial score (nSPS) is 14.1. The zero-order chi connectivity index (χ0) is 18.8. The molecule has 0 spiro atoms. The molecular formula is C19H21N7O. The van der Waals surface area contributed by atoms with Crippen LogP contribution in [0.4, 0.5) is 5.69 Å². The maximum atomic E-state index is 13.0. The van der Waals surface area contributed by atoms with Gasteiger partial charge in [-0.15, -0.1) is 10.2 Å². The fourth-order valence-electron chi connectivity index (χ4n) is 3.25. The van der Waals surface area contributed by atoms with Crippen LogP contribution in [-0.2, 0) is 6.42 Å². The van der Waals surface area contributed by atoms with Gasteiger partial charge in [0.2, 0.25) is 5.82 Å². The Morgan fingerprint density at radius 2 is 2.15 bits per heavy atom. The van der Waals surface area contributed by atoms with Crippen molar-refractivity contribution in [3.05, 3.63) is 53.3 Å². The first-order chi connectivity index (χ1) is 13.1. The molecule has 0 fully saturated rings. The minimum Gasteiger partial charge on any atom is -0.384 e. The predicted octanol–water partition coefficient (Wildman–Crippen LogP) is 2.45. The summed E-state index contributed by atoms with van der Waals surface area (Å²) in [5.74, 6) is 0.433. The summed E-state index contributed by atoms with van der Waals surface area (Å²) < 4.78 is 0. The van der Waals surface area contributed by atoms with Gasteiger partial charge in [0.25, 0.3) is 5.91 Å². The Labute approximate surface area is 157 Å². The van der Waals surface area contributed by atoms with E-state index < -0.39 is 0 Å². The smallest absolute Gasteiger partial charge is 0.272 e. The number of carbonyl (C=O) groups is 1. The molecule has 0 radical (unpaired) electrons. The molecule has 0 saturated heterocycles. The molecule has 1 atom stereocenters. The van der Waals surface area contributed by atoms with E-state index in [4.69, 9.17) is 0 Å². The third-order valence-electron chi connectivity index (χ3n) is 4.97. The topological polar surface area (TPSA) is 99.7 Å². The Hall–Kier alpha value is -3.29. The second-order valence-electron chi connectivity index (χ2n) is 6.67. The number of tetrazole rings is 1. The number of aryl methyl sites for hydroxylation is 1. The average molecular weight is 363 g/mol. The summed E-state index contributed by atoms with van der Waals surface area (Å²) in [5.41, 5.74) is 4.31. The third-order valence-corrected chi connectivity index (χ3v) is 4.97. The molecule has 3 aromatic rings. The lowest BCUT2D eigenvalue weighted by Crippen LogP contribution is -2.30. The molecule has 1 aromatic carbocycles. The molecule has 1 aliphatic heterocycles. The van der Waals surface area contributed by atoms with E-state index in [1.54, 1.807) is 18.0 Å². The van der Waals surface area contributed by atoms with Gasteiger partial charge in [0, 0.05) is 19.2 Å². The summed E-state index contributed by atoms with van der Waals surface area (Å²) in [4.78, 5) is 19.3. The number of nitrogens with zero attached hydrogens (tertiary/aromatic N) is 5. The predicted molar refractivity (Wildman–Crippen MR) is 101 cm³/mol. The van der Waals surface area contributed by atoms with Crippen LogP contribution >= 0.6 is 0 Å². The first-order valence-electron chi connectivity index (χ1n) is 8.98. The van der Waals surface area contributed by atoms with Crippen molar-refractivity contribution in [2.24, 2.45) is 0 Å². The van der Waals surface area contributed by atoms with Crippen LogP contribution in [0, 0.1) is 0 Å². The summed E-state index contributed by atoms with van der Waals surface area (Å²) >= 11 is 0. The number of hydrogen-bond acceptors (Lipinski definition) is 6. The van der Waals surface area contributed by atoms with Crippen molar-refractivity contribution in [2.75, 3.05) is 18.9 Å². The molecule has 2 N–H and O–H groups in total. The molecule has 1 unspecified atom stereocenters. The van der Waals surface area contributed by atoms with Crippen LogP contribution in [0.5, 0.6) is 0 Å². The summed E-state index contributed by atoms with van der Waals surface area (Å²) in [6.45, 7) is 2.95. The fourth-order valence-corrected chi connectivity index (χ4v) is 3.25. The number of hydrogen-bond donors (Lipinski definition) is 2. The van der Waals surface area contributed by atoms with Gasteiger partial charge in [-0.3, -0.25) is 4.79 Å². The van der Waals surface area contributed by atoms with Crippen LogP contribution in [0.2, 0.25) is 0 Å². The lowest BCUT2D eigenvalue weighted by molar-refractivity contribution is 0.0736. The van der Waals surface area contributed by atoms with Crippen LogP contribution in [0.25, 0.3) is 11.4 Å². The van der Waals surface area contributed by atoms with E-state index in [0.29, 0.717) is 11.5 Å². The first-order valence-corrected chi connectivity index (χ1v) is 8.98. The van der Waals surface area contributed by atoms with Gasteiger partial charge in [-0.05, 0) is 48.7 Å². The van der Waals surface area contributed by atoms with Gasteiger partial charge in [0.05, 0.1) is 17.4 Å². The minimum absolute atomic E-state index is 0.0964. The van der Waals surface area contributed by atoms with Crippen LogP contribution in [0.3, 0.4) is 0 Å². The molecule has 2 aromatic heterocycles. The molecule has 0 aliphatic carbocycles. The van der Waals surface area contributed by atoms with E-state index in [1.807, 2.05) is 37.3 Å². The molecule has 8 nitrogen and oxygen atoms in total. The molecule has 1 amide bonds. The van der Waals surface area contributed by atoms with Crippen molar-refractivity contribution < 1.29 is 4.79 Å². The van der Waals surface area contributed by atoms with Gasteiger partial charge in [0.1, 0.15) is 5.69 Å². The monoisotopic (exact) mass is 363 g/mol.